The van der Waals surface area contributed by atoms with Gasteiger partial charge >= 0.3 is 5.97 Å². The molecule has 0 aliphatic carbocycles. The highest BCUT2D eigenvalue weighted by atomic mass is 35.5. The molecule has 0 radical (unpaired) electrons. The number of ether oxygens (including phenoxy) is 1. The van der Waals surface area contributed by atoms with E-state index in [1.807, 2.05) is 0 Å². The second-order valence-corrected chi connectivity index (χ2v) is 6.09. The molecule has 0 unspecified atom stereocenters. The molecule has 0 heterocycles. The van der Waals surface area contributed by atoms with E-state index in [0.717, 1.165) is 0 Å². The molecule has 0 fully saturated rings. The fraction of sp³-hybridized carbons (Fsp3) is 0.250. The van der Waals surface area contributed by atoms with Crippen molar-refractivity contribution in [1.82, 2.24) is 5.32 Å². The van der Waals surface area contributed by atoms with Crippen LogP contribution in [0.4, 0.5) is 10.1 Å². The minimum absolute atomic E-state index is 0. The van der Waals surface area contributed by atoms with Gasteiger partial charge in [-0.25, -0.2) is 4.39 Å². The van der Waals surface area contributed by atoms with Crippen LogP contribution in [-0.2, 0) is 16.1 Å². The Hall–Kier alpha value is -3.13. The molecule has 0 saturated heterocycles. The molecular formula is C20H24ClFN4O3. The first-order valence-corrected chi connectivity index (χ1v) is 8.73. The molecule has 156 valence electrons. The molecule has 29 heavy (non-hydrogen) atoms. The number of anilines is 1. The van der Waals surface area contributed by atoms with Crippen LogP contribution in [0.25, 0.3) is 0 Å². The molecule has 2 aromatic rings. The number of rotatable bonds is 8. The van der Waals surface area contributed by atoms with E-state index in [2.05, 4.69) is 10.6 Å². The van der Waals surface area contributed by atoms with Gasteiger partial charge in [0.2, 0.25) is 0 Å². The van der Waals surface area contributed by atoms with Crippen LogP contribution in [0.15, 0.2) is 36.4 Å². The van der Waals surface area contributed by atoms with E-state index in [4.69, 9.17) is 15.9 Å². The Bertz CT molecular complexity index is 905. The molecule has 2 rings (SSSR count). The van der Waals surface area contributed by atoms with Crippen molar-refractivity contribution >= 4 is 35.8 Å². The lowest BCUT2D eigenvalue weighted by atomic mass is 10.1. The summed E-state index contributed by atoms with van der Waals surface area (Å²) in [6, 6.07) is 9.13. The van der Waals surface area contributed by atoms with Gasteiger partial charge in [0.15, 0.2) is 0 Å². The average Bonchev–Trinajstić information content (AvgIpc) is 2.67. The fourth-order valence-electron chi connectivity index (χ4n) is 2.51. The first kappa shape index (κ1) is 23.9. The van der Waals surface area contributed by atoms with Crippen LogP contribution in [0.5, 0.6) is 0 Å². The van der Waals surface area contributed by atoms with Crippen molar-refractivity contribution in [2.75, 3.05) is 18.5 Å². The van der Waals surface area contributed by atoms with Gasteiger partial charge in [-0.15, -0.1) is 12.4 Å². The van der Waals surface area contributed by atoms with E-state index in [0.29, 0.717) is 27.9 Å². The van der Waals surface area contributed by atoms with Crippen molar-refractivity contribution in [3.05, 3.63) is 64.5 Å². The zero-order valence-electron chi connectivity index (χ0n) is 16.2. The highest BCUT2D eigenvalue weighted by Gasteiger charge is 2.11. The molecule has 5 N–H and O–H groups in total. The van der Waals surface area contributed by atoms with E-state index in [1.54, 1.807) is 32.0 Å². The molecule has 1 amide bonds. The SMILES string of the molecule is CCOC(=O)CNc1cc(C(=N)N)ccc1CNC(=O)c1ccc(F)c(C)c1.Cl. The lowest BCUT2D eigenvalue weighted by Gasteiger charge is -2.14. The monoisotopic (exact) mass is 422 g/mol. The van der Waals surface area contributed by atoms with Crippen molar-refractivity contribution in [3.63, 3.8) is 0 Å². The molecule has 0 aliphatic heterocycles. The van der Waals surface area contributed by atoms with Gasteiger partial charge in [-0.3, -0.25) is 15.0 Å². The molecule has 7 nitrogen and oxygen atoms in total. The number of carbonyl (C=O) groups is 2. The van der Waals surface area contributed by atoms with E-state index in [9.17, 15) is 14.0 Å². The second kappa shape index (κ2) is 11.0. The highest BCUT2D eigenvalue weighted by Crippen LogP contribution is 2.18. The standard InChI is InChI=1S/C20H23FN4O3.ClH/c1-3-28-18(26)11-24-17-9-13(19(22)23)4-5-15(17)10-25-20(27)14-6-7-16(21)12(2)8-14;/h4-9,24H,3,10-11H2,1-2H3,(H3,22,23)(H,25,27);1H. The summed E-state index contributed by atoms with van der Waals surface area (Å²) in [5, 5.41) is 13.3. The molecule has 9 heteroatoms. The van der Waals surface area contributed by atoms with Crippen LogP contribution in [-0.4, -0.2) is 30.9 Å². The van der Waals surface area contributed by atoms with Crippen molar-refractivity contribution < 1.29 is 18.7 Å². The van der Waals surface area contributed by atoms with Crippen LogP contribution in [0.3, 0.4) is 0 Å². The highest BCUT2D eigenvalue weighted by molar-refractivity contribution is 5.96. The van der Waals surface area contributed by atoms with Crippen molar-refractivity contribution in [2.45, 2.75) is 20.4 Å². The number of hydrogen-bond acceptors (Lipinski definition) is 5. The topological polar surface area (TPSA) is 117 Å². The summed E-state index contributed by atoms with van der Waals surface area (Å²) >= 11 is 0. The normalized spacial score (nSPS) is 9.90. The first-order chi connectivity index (χ1) is 13.3. The van der Waals surface area contributed by atoms with E-state index in [-0.39, 0.29) is 49.7 Å². The number of carbonyl (C=O) groups excluding carboxylic acids is 2. The minimum Gasteiger partial charge on any atom is -0.465 e. The van der Waals surface area contributed by atoms with Crippen molar-refractivity contribution in [1.29, 1.82) is 5.41 Å². The Labute approximate surface area is 174 Å². The smallest absolute Gasteiger partial charge is 0.325 e. The Morgan fingerprint density at radius 3 is 2.48 bits per heavy atom. The van der Waals surface area contributed by atoms with Crippen molar-refractivity contribution in [2.24, 2.45) is 5.73 Å². The van der Waals surface area contributed by atoms with E-state index >= 15 is 0 Å². The number of amides is 1. The number of esters is 1. The molecule has 0 aliphatic rings. The van der Waals surface area contributed by atoms with Crippen molar-refractivity contribution in [3.8, 4) is 0 Å². The number of nitrogen functional groups attached to an aromatic ring is 1. The first-order valence-electron chi connectivity index (χ1n) is 8.73. The van der Waals surface area contributed by atoms with Gasteiger partial charge in [0.05, 0.1) is 6.61 Å². The van der Waals surface area contributed by atoms with Gasteiger partial charge < -0.3 is 21.1 Å². The second-order valence-electron chi connectivity index (χ2n) is 6.09. The summed E-state index contributed by atoms with van der Waals surface area (Å²) in [5.41, 5.74) is 7.99. The summed E-state index contributed by atoms with van der Waals surface area (Å²) in [6.45, 7) is 3.68. The van der Waals surface area contributed by atoms with Gasteiger partial charge in [-0.2, -0.15) is 0 Å². The Kier molecular flexibility index (Phi) is 9.08. The minimum atomic E-state index is -0.424. The third kappa shape index (κ3) is 6.76. The number of nitrogens with two attached hydrogens (primary N) is 1. The molecule has 0 spiro atoms. The summed E-state index contributed by atoms with van der Waals surface area (Å²) < 4.78 is 18.3. The average molecular weight is 423 g/mol. The number of benzene rings is 2. The van der Waals surface area contributed by atoms with Crippen LogP contribution < -0.4 is 16.4 Å². The largest absolute Gasteiger partial charge is 0.465 e. The lowest BCUT2D eigenvalue weighted by Crippen LogP contribution is -2.24. The quantitative estimate of drug-likeness (QED) is 0.296. The summed E-state index contributed by atoms with van der Waals surface area (Å²) in [6.07, 6.45) is 0. The van der Waals surface area contributed by atoms with Crippen LogP contribution in [0.1, 0.15) is 34.0 Å². The predicted octanol–water partition coefficient (Wildman–Crippen LogP) is 2.74. The van der Waals surface area contributed by atoms with Crippen LogP contribution in [0, 0.1) is 18.2 Å². The van der Waals surface area contributed by atoms with Gasteiger partial charge in [0, 0.05) is 23.4 Å². The lowest BCUT2D eigenvalue weighted by molar-refractivity contribution is -0.140. The zero-order valence-corrected chi connectivity index (χ0v) is 17.0. The summed E-state index contributed by atoms with van der Waals surface area (Å²) in [4.78, 5) is 23.9. The Balaban J connectivity index is 0.00000420. The van der Waals surface area contributed by atoms with Gasteiger partial charge in [0.1, 0.15) is 18.2 Å². The van der Waals surface area contributed by atoms with Gasteiger partial charge in [-0.05, 0) is 49.2 Å². The van der Waals surface area contributed by atoms with Crippen LogP contribution in [0.2, 0.25) is 0 Å². The van der Waals surface area contributed by atoms with Gasteiger partial charge in [-0.1, -0.05) is 12.1 Å². The molecular weight excluding hydrogens is 399 g/mol. The molecule has 0 atom stereocenters. The number of aryl methyl sites for hydroxylation is 1. The molecule has 0 saturated carbocycles. The van der Waals surface area contributed by atoms with E-state index < -0.39 is 5.97 Å². The number of nitrogens with one attached hydrogen (secondary N) is 3. The maximum absolute atomic E-state index is 13.4. The molecule has 0 aromatic heterocycles. The fourth-order valence-corrected chi connectivity index (χ4v) is 2.51. The third-order valence-electron chi connectivity index (χ3n) is 4.01. The molecule has 2 aromatic carbocycles. The maximum atomic E-state index is 13.4. The summed E-state index contributed by atoms with van der Waals surface area (Å²) in [5.74, 6) is -1.26. The molecule has 0 bridgehead atoms. The third-order valence-corrected chi connectivity index (χ3v) is 4.01. The Morgan fingerprint density at radius 1 is 1.17 bits per heavy atom. The predicted molar refractivity (Wildman–Crippen MR) is 112 cm³/mol. The Morgan fingerprint density at radius 2 is 1.86 bits per heavy atom. The van der Waals surface area contributed by atoms with E-state index in [1.165, 1.54) is 18.2 Å². The number of hydrogen-bond donors (Lipinski definition) is 4. The summed E-state index contributed by atoms with van der Waals surface area (Å²) in [7, 11) is 0. The number of amidine groups is 1. The number of halogens is 2. The maximum Gasteiger partial charge on any atom is 0.325 e. The van der Waals surface area contributed by atoms with Gasteiger partial charge in [0.25, 0.3) is 5.91 Å². The zero-order chi connectivity index (χ0) is 20.7. The van der Waals surface area contributed by atoms with Crippen LogP contribution >= 0.6 is 12.4 Å².